The number of pyridine rings is 1. The second kappa shape index (κ2) is 7.07. The van der Waals surface area contributed by atoms with Crippen LogP contribution in [-0.2, 0) is 6.54 Å². The fourth-order valence-electron chi connectivity index (χ4n) is 3.65. The molecule has 7 heteroatoms. The van der Waals surface area contributed by atoms with Gasteiger partial charge in [0.15, 0.2) is 0 Å². The van der Waals surface area contributed by atoms with Crippen molar-refractivity contribution in [3.63, 3.8) is 0 Å². The summed E-state index contributed by atoms with van der Waals surface area (Å²) in [5.74, 6) is 0. The molecular formula is C20H18BrN5S. The Kier molecular flexibility index (Phi) is 4.43. The van der Waals surface area contributed by atoms with Crippen LogP contribution in [-0.4, -0.2) is 38.2 Å². The first kappa shape index (κ1) is 16.9. The number of halogens is 1. The van der Waals surface area contributed by atoms with E-state index >= 15 is 0 Å². The molecule has 0 fully saturated rings. The van der Waals surface area contributed by atoms with Crippen molar-refractivity contribution in [3.05, 3.63) is 63.8 Å². The van der Waals surface area contributed by atoms with Gasteiger partial charge in [0.1, 0.15) is 5.65 Å². The van der Waals surface area contributed by atoms with Crippen LogP contribution in [0.25, 0.3) is 27.2 Å². The molecule has 0 amide bonds. The van der Waals surface area contributed by atoms with E-state index in [4.69, 9.17) is 0 Å². The Balaban J connectivity index is 1.33. The van der Waals surface area contributed by atoms with Gasteiger partial charge in [-0.15, -0.1) is 11.3 Å². The van der Waals surface area contributed by atoms with E-state index in [2.05, 4.69) is 71.5 Å². The Labute approximate surface area is 169 Å². The molecule has 0 unspecified atom stereocenters. The number of nitrogens with zero attached hydrogens (tertiary/aromatic N) is 3. The molecule has 0 radical (unpaired) electrons. The zero-order chi connectivity index (χ0) is 18.2. The summed E-state index contributed by atoms with van der Waals surface area (Å²) in [4.78, 5) is 11.4. The van der Waals surface area contributed by atoms with Crippen LogP contribution < -0.4 is 0 Å². The van der Waals surface area contributed by atoms with Crippen molar-refractivity contribution < 1.29 is 0 Å². The van der Waals surface area contributed by atoms with E-state index in [1.54, 1.807) is 11.3 Å². The zero-order valence-electron chi connectivity index (χ0n) is 14.6. The SMILES string of the molecule is Brc1ccc(-c2[nH]ncc2CN2CC=C(c3c[nH]c4ncccc34)CC2)s1. The van der Waals surface area contributed by atoms with Crippen LogP contribution in [0.15, 0.2) is 52.7 Å². The molecule has 27 heavy (non-hydrogen) atoms. The normalized spacial score (nSPS) is 15.4. The summed E-state index contributed by atoms with van der Waals surface area (Å²) in [6.45, 7) is 2.89. The maximum absolute atomic E-state index is 4.40. The summed E-state index contributed by atoms with van der Waals surface area (Å²) in [6.07, 6.45) is 9.25. The monoisotopic (exact) mass is 439 g/mol. The van der Waals surface area contributed by atoms with Gasteiger partial charge in [-0.3, -0.25) is 10.00 Å². The molecule has 1 aliphatic rings. The lowest BCUT2D eigenvalue weighted by Crippen LogP contribution is -2.28. The standard InChI is InChI=1S/C20H18BrN5S/c21-18-4-3-17(27-18)19-14(10-24-25-19)12-26-8-5-13(6-9-26)16-11-23-20-15(16)2-1-7-22-20/h1-5,7,10-11H,6,8-9,12H2,(H,22,23)(H,24,25). The first-order valence-electron chi connectivity index (χ1n) is 8.90. The summed E-state index contributed by atoms with van der Waals surface area (Å²) in [6, 6.07) is 8.35. The van der Waals surface area contributed by atoms with Gasteiger partial charge in [0.2, 0.25) is 0 Å². The Morgan fingerprint density at radius 3 is 3.04 bits per heavy atom. The Hall–Kier alpha value is -2.22. The number of aromatic amines is 2. The van der Waals surface area contributed by atoms with E-state index in [1.165, 1.54) is 27.0 Å². The molecule has 1 aliphatic heterocycles. The Morgan fingerprint density at radius 2 is 2.22 bits per heavy atom. The third kappa shape index (κ3) is 3.26. The second-order valence-corrected chi connectivity index (χ2v) is 9.15. The van der Waals surface area contributed by atoms with Gasteiger partial charge in [0.25, 0.3) is 0 Å². The average molecular weight is 440 g/mol. The lowest BCUT2D eigenvalue weighted by Gasteiger charge is -2.26. The van der Waals surface area contributed by atoms with Gasteiger partial charge in [0, 0.05) is 48.5 Å². The number of aromatic nitrogens is 4. The summed E-state index contributed by atoms with van der Waals surface area (Å²) in [5, 5.41) is 8.64. The number of hydrogen-bond donors (Lipinski definition) is 2. The lowest BCUT2D eigenvalue weighted by atomic mass is 9.99. The molecular weight excluding hydrogens is 422 g/mol. The van der Waals surface area contributed by atoms with E-state index in [0.29, 0.717) is 0 Å². The van der Waals surface area contributed by atoms with E-state index in [0.717, 1.165) is 41.2 Å². The van der Waals surface area contributed by atoms with Crippen molar-refractivity contribution in [2.45, 2.75) is 13.0 Å². The predicted octanol–water partition coefficient (Wildman–Crippen LogP) is 5.07. The fraction of sp³-hybridized carbons (Fsp3) is 0.200. The van der Waals surface area contributed by atoms with Crippen molar-refractivity contribution in [1.29, 1.82) is 0 Å². The molecule has 0 saturated heterocycles. The van der Waals surface area contributed by atoms with Crippen molar-refractivity contribution in [3.8, 4) is 10.6 Å². The van der Waals surface area contributed by atoms with E-state index in [9.17, 15) is 0 Å². The molecule has 0 aliphatic carbocycles. The number of rotatable bonds is 4. The van der Waals surface area contributed by atoms with Crippen LogP contribution >= 0.6 is 27.3 Å². The Morgan fingerprint density at radius 1 is 1.26 bits per heavy atom. The molecule has 0 saturated carbocycles. The average Bonchev–Trinajstić information content (AvgIpc) is 3.42. The lowest BCUT2D eigenvalue weighted by molar-refractivity contribution is 0.294. The molecule has 0 aromatic carbocycles. The highest BCUT2D eigenvalue weighted by molar-refractivity contribution is 9.11. The molecule has 0 spiro atoms. The maximum Gasteiger partial charge on any atom is 0.137 e. The predicted molar refractivity (Wildman–Crippen MR) is 114 cm³/mol. The summed E-state index contributed by atoms with van der Waals surface area (Å²) < 4.78 is 1.14. The van der Waals surface area contributed by atoms with Gasteiger partial charge in [-0.05, 0) is 52.2 Å². The Bertz CT molecular complexity index is 1120. The number of hydrogen-bond acceptors (Lipinski definition) is 4. The molecule has 5 heterocycles. The van der Waals surface area contributed by atoms with E-state index in [-0.39, 0.29) is 0 Å². The molecule has 4 aromatic rings. The summed E-state index contributed by atoms with van der Waals surface area (Å²) in [7, 11) is 0. The third-order valence-corrected chi connectivity index (χ3v) is 6.66. The van der Waals surface area contributed by atoms with Gasteiger partial charge in [-0.25, -0.2) is 4.98 Å². The molecule has 4 aromatic heterocycles. The van der Waals surface area contributed by atoms with Crippen molar-refractivity contribution in [2.75, 3.05) is 13.1 Å². The minimum Gasteiger partial charge on any atom is -0.346 e. The first-order chi connectivity index (χ1) is 13.3. The van der Waals surface area contributed by atoms with Gasteiger partial charge in [-0.1, -0.05) is 6.08 Å². The molecule has 0 bridgehead atoms. The topological polar surface area (TPSA) is 60.6 Å². The largest absolute Gasteiger partial charge is 0.346 e. The summed E-state index contributed by atoms with van der Waals surface area (Å²) >= 11 is 5.27. The van der Waals surface area contributed by atoms with Crippen molar-refractivity contribution in [2.24, 2.45) is 0 Å². The second-order valence-electron chi connectivity index (χ2n) is 6.69. The molecule has 136 valence electrons. The quantitative estimate of drug-likeness (QED) is 0.466. The minimum atomic E-state index is 0.903. The van der Waals surface area contributed by atoms with Gasteiger partial charge in [-0.2, -0.15) is 5.10 Å². The van der Waals surface area contributed by atoms with Crippen LogP contribution in [0.1, 0.15) is 17.5 Å². The fourth-order valence-corrected chi connectivity index (χ4v) is 5.07. The zero-order valence-corrected chi connectivity index (χ0v) is 17.0. The number of thiophene rings is 1. The van der Waals surface area contributed by atoms with Crippen molar-refractivity contribution >= 4 is 43.9 Å². The van der Waals surface area contributed by atoms with E-state index < -0.39 is 0 Å². The molecule has 5 rings (SSSR count). The van der Waals surface area contributed by atoms with Gasteiger partial charge >= 0.3 is 0 Å². The highest BCUT2D eigenvalue weighted by atomic mass is 79.9. The molecule has 0 atom stereocenters. The van der Waals surface area contributed by atoms with Gasteiger partial charge < -0.3 is 4.98 Å². The number of fused-ring (bicyclic) bond motifs is 1. The van der Waals surface area contributed by atoms with Gasteiger partial charge in [0.05, 0.1) is 20.6 Å². The highest BCUT2D eigenvalue weighted by Crippen LogP contribution is 2.33. The molecule has 5 nitrogen and oxygen atoms in total. The minimum absolute atomic E-state index is 0.903. The highest BCUT2D eigenvalue weighted by Gasteiger charge is 2.18. The first-order valence-corrected chi connectivity index (χ1v) is 10.5. The van der Waals surface area contributed by atoms with Crippen molar-refractivity contribution in [1.82, 2.24) is 25.1 Å². The van der Waals surface area contributed by atoms with Crippen LogP contribution in [0.4, 0.5) is 0 Å². The maximum atomic E-state index is 4.40. The number of H-pyrrole nitrogens is 2. The number of nitrogens with one attached hydrogen (secondary N) is 2. The van der Waals surface area contributed by atoms with E-state index in [1.807, 2.05) is 18.5 Å². The van der Waals surface area contributed by atoms with Crippen LogP contribution in [0.3, 0.4) is 0 Å². The summed E-state index contributed by atoms with van der Waals surface area (Å²) in [5.41, 5.74) is 6.02. The molecule has 2 N–H and O–H groups in total. The third-order valence-electron chi connectivity index (χ3n) is 5.02. The van der Waals surface area contributed by atoms with Crippen LogP contribution in [0, 0.1) is 0 Å². The van der Waals surface area contributed by atoms with Crippen LogP contribution in [0.5, 0.6) is 0 Å². The smallest absolute Gasteiger partial charge is 0.137 e. The van der Waals surface area contributed by atoms with Crippen LogP contribution in [0.2, 0.25) is 0 Å².